The van der Waals surface area contributed by atoms with Gasteiger partial charge in [0.05, 0.1) is 5.56 Å². The number of hydroxylamine groups is 1. The normalized spacial score (nSPS) is 13.3. The van der Waals surface area contributed by atoms with Crippen molar-refractivity contribution in [2.75, 3.05) is 0 Å². The van der Waals surface area contributed by atoms with Crippen LogP contribution < -0.4 is 0 Å². The van der Waals surface area contributed by atoms with Crippen molar-refractivity contribution in [3.8, 4) is 0 Å². The van der Waals surface area contributed by atoms with Crippen molar-refractivity contribution in [3.05, 3.63) is 41.2 Å². The van der Waals surface area contributed by atoms with E-state index in [4.69, 9.17) is 0 Å². The van der Waals surface area contributed by atoms with E-state index < -0.39 is 5.54 Å². The molecule has 0 aliphatic carbocycles. The highest BCUT2D eigenvalue weighted by molar-refractivity contribution is 5.97. The Morgan fingerprint density at radius 2 is 1.88 bits per heavy atom. The molecule has 0 spiro atoms. The molecule has 17 heavy (non-hydrogen) atoms. The molecule has 1 heterocycles. The van der Waals surface area contributed by atoms with Gasteiger partial charge in [-0.2, -0.15) is 0 Å². The van der Waals surface area contributed by atoms with Gasteiger partial charge in [0.25, 0.3) is 0 Å². The summed E-state index contributed by atoms with van der Waals surface area (Å²) in [5.41, 5.74) is 1.70. The van der Waals surface area contributed by atoms with Crippen LogP contribution in [0.2, 0.25) is 0 Å². The van der Waals surface area contributed by atoms with Gasteiger partial charge < -0.3 is 9.77 Å². The molecule has 90 valence electrons. The number of para-hydroxylation sites is 1. The van der Waals surface area contributed by atoms with Crippen molar-refractivity contribution in [3.63, 3.8) is 0 Å². The summed E-state index contributed by atoms with van der Waals surface area (Å²) < 4.78 is 3.05. The molecular weight excluding hydrogens is 212 g/mol. The van der Waals surface area contributed by atoms with E-state index in [0.29, 0.717) is 0 Å². The number of aryl methyl sites for hydroxylation is 1. The van der Waals surface area contributed by atoms with Crippen LogP contribution in [0.5, 0.6) is 0 Å². The highest BCUT2D eigenvalue weighted by atomic mass is 16.5. The zero-order valence-electron chi connectivity index (χ0n) is 10.8. The topological polar surface area (TPSA) is 31.0 Å². The molecule has 2 aromatic rings. The van der Waals surface area contributed by atoms with Crippen molar-refractivity contribution in [2.24, 2.45) is 7.05 Å². The minimum atomic E-state index is -0.406. The Morgan fingerprint density at radius 3 is 2.53 bits per heavy atom. The van der Waals surface area contributed by atoms with Gasteiger partial charge in [-0.15, -0.1) is 0 Å². The number of fused-ring (bicyclic) bond motifs is 1. The lowest BCUT2D eigenvalue weighted by atomic mass is 10.1. The first kappa shape index (κ1) is 11.7. The molecule has 1 aromatic heterocycles. The summed E-state index contributed by atoms with van der Waals surface area (Å²) in [6.07, 6.45) is 3.66. The Labute approximate surface area is 102 Å². The van der Waals surface area contributed by atoms with Crippen LogP contribution in [-0.4, -0.2) is 21.1 Å². The number of hydrogen-bond donors (Lipinski definition) is 0. The van der Waals surface area contributed by atoms with Crippen molar-refractivity contribution in [2.45, 2.75) is 26.3 Å². The summed E-state index contributed by atoms with van der Waals surface area (Å²) in [6.45, 7) is 5.71. The fourth-order valence-corrected chi connectivity index (χ4v) is 1.80. The van der Waals surface area contributed by atoms with E-state index in [1.54, 1.807) is 6.21 Å². The van der Waals surface area contributed by atoms with Crippen LogP contribution >= 0.6 is 0 Å². The predicted molar refractivity (Wildman–Crippen MR) is 71.5 cm³/mol. The number of benzene rings is 1. The summed E-state index contributed by atoms with van der Waals surface area (Å²) in [7, 11) is 1.99. The third kappa shape index (κ3) is 2.18. The maximum atomic E-state index is 11.9. The first-order valence-electron chi connectivity index (χ1n) is 5.75. The van der Waals surface area contributed by atoms with Crippen LogP contribution in [0.15, 0.2) is 30.5 Å². The third-order valence-corrected chi connectivity index (χ3v) is 2.85. The molecule has 0 aliphatic rings. The van der Waals surface area contributed by atoms with E-state index in [0.717, 1.165) is 21.2 Å². The maximum Gasteiger partial charge on any atom is 0.184 e. The average Bonchev–Trinajstić information content (AvgIpc) is 2.56. The molecule has 0 fully saturated rings. The zero-order valence-corrected chi connectivity index (χ0v) is 10.8. The first-order valence-corrected chi connectivity index (χ1v) is 5.75. The number of hydrogen-bond acceptors (Lipinski definition) is 1. The first-order chi connectivity index (χ1) is 7.89. The van der Waals surface area contributed by atoms with Crippen LogP contribution in [0.1, 0.15) is 26.3 Å². The largest absolute Gasteiger partial charge is 0.623 e. The van der Waals surface area contributed by atoms with Crippen molar-refractivity contribution in [1.29, 1.82) is 0 Å². The molecule has 1 aromatic carbocycles. The molecule has 2 rings (SSSR count). The molecule has 3 heteroatoms. The van der Waals surface area contributed by atoms with Crippen LogP contribution in [0.25, 0.3) is 10.9 Å². The summed E-state index contributed by atoms with van der Waals surface area (Å²) in [6, 6.07) is 8.09. The molecule has 0 amide bonds. The molecular formula is C14H18N2O. The van der Waals surface area contributed by atoms with Crippen molar-refractivity contribution in [1.82, 2.24) is 4.57 Å². The van der Waals surface area contributed by atoms with E-state index in [9.17, 15) is 5.21 Å². The minimum Gasteiger partial charge on any atom is -0.623 e. The quantitative estimate of drug-likeness (QED) is 0.321. The second-order valence-electron chi connectivity index (χ2n) is 5.34. The molecule has 0 saturated carbocycles. The van der Waals surface area contributed by atoms with Crippen LogP contribution in [0.3, 0.4) is 0 Å². The van der Waals surface area contributed by atoms with E-state index in [2.05, 4.69) is 6.07 Å². The second-order valence-corrected chi connectivity index (χ2v) is 5.34. The average molecular weight is 230 g/mol. The Balaban J connectivity index is 2.58. The van der Waals surface area contributed by atoms with Gasteiger partial charge >= 0.3 is 0 Å². The summed E-state index contributed by atoms with van der Waals surface area (Å²) in [4.78, 5) is 0. The van der Waals surface area contributed by atoms with Gasteiger partial charge in [-0.05, 0) is 6.07 Å². The Kier molecular flexibility index (Phi) is 2.69. The minimum absolute atomic E-state index is 0.406. The highest BCUT2D eigenvalue weighted by Gasteiger charge is 2.19. The van der Waals surface area contributed by atoms with Gasteiger partial charge in [0.15, 0.2) is 11.8 Å². The smallest absolute Gasteiger partial charge is 0.184 e. The molecule has 0 radical (unpaired) electrons. The maximum absolute atomic E-state index is 11.9. The Morgan fingerprint density at radius 1 is 1.24 bits per heavy atom. The summed E-state index contributed by atoms with van der Waals surface area (Å²) >= 11 is 0. The lowest BCUT2D eigenvalue weighted by Crippen LogP contribution is -2.29. The predicted octanol–water partition coefficient (Wildman–Crippen LogP) is 2.91. The Hall–Kier alpha value is -1.77. The van der Waals surface area contributed by atoms with Crippen molar-refractivity contribution < 1.29 is 4.74 Å². The number of nitrogens with zero attached hydrogens (tertiary/aromatic N) is 2. The molecule has 0 bridgehead atoms. The van der Waals surface area contributed by atoms with Crippen molar-refractivity contribution >= 4 is 17.1 Å². The van der Waals surface area contributed by atoms with Gasteiger partial charge in [0.1, 0.15) is 0 Å². The van der Waals surface area contributed by atoms with Gasteiger partial charge in [0, 0.05) is 44.9 Å². The molecule has 0 unspecified atom stereocenters. The molecule has 0 atom stereocenters. The SMILES string of the molecule is Cn1cc(/C=[N+](\[O-])C(C)(C)C)c2ccccc21. The van der Waals surface area contributed by atoms with Gasteiger partial charge in [-0.25, -0.2) is 4.74 Å². The number of aromatic nitrogens is 1. The van der Waals surface area contributed by atoms with Crippen LogP contribution in [0, 0.1) is 5.21 Å². The third-order valence-electron chi connectivity index (χ3n) is 2.85. The van der Waals surface area contributed by atoms with E-state index in [1.807, 2.05) is 56.8 Å². The van der Waals surface area contributed by atoms with Gasteiger partial charge in [0.2, 0.25) is 0 Å². The number of rotatable bonds is 1. The van der Waals surface area contributed by atoms with E-state index >= 15 is 0 Å². The van der Waals surface area contributed by atoms with E-state index in [1.165, 1.54) is 0 Å². The fraction of sp³-hybridized carbons (Fsp3) is 0.357. The van der Waals surface area contributed by atoms with E-state index in [-0.39, 0.29) is 0 Å². The monoisotopic (exact) mass is 230 g/mol. The standard InChI is InChI=1S/C14H18N2O/c1-14(2,3)16(17)10-11-9-15(4)13-8-6-5-7-12(11)13/h5-10H,1-4H3/b16-10-. The van der Waals surface area contributed by atoms with Gasteiger partial charge in [-0.1, -0.05) is 18.2 Å². The Bertz CT molecular complexity index is 573. The molecule has 3 nitrogen and oxygen atoms in total. The van der Waals surface area contributed by atoms with Crippen LogP contribution in [0.4, 0.5) is 0 Å². The molecule has 0 aliphatic heterocycles. The molecule has 0 N–H and O–H groups in total. The lowest BCUT2D eigenvalue weighted by Gasteiger charge is -2.18. The van der Waals surface area contributed by atoms with Crippen LogP contribution in [-0.2, 0) is 7.05 Å². The lowest BCUT2D eigenvalue weighted by molar-refractivity contribution is -0.530. The highest BCUT2D eigenvalue weighted by Crippen LogP contribution is 2.19. The second kappa shape index (κ2) is 3.91. The van der Waals surface area contributed by atoms with Gasteiger partial charge in [-0.3, -0.25) is 0 Å². The summed E-state index contributed by atoms with van der Waals surface area (Å²) in [5.74, 6) is 0. The summed E-state index contributed by atoms with van der Waals surface area (Å²) in [5, 5.41) is 13.0. The fourth-order valence-electron chi connectivity index (χ4n) is 1.80. The zero-order chi connectivity index (χ0) is 12.6. The molecule has 0 saturated heterocycles.